The predicted octanol–water partition coefficient (Wildman–Crippen LogP) is 6.85. The lowest BCUT2D eigenvalue weighted by Gasteiger charge is -2.17. The van der Waals surface area contributed by atoms with E-state index in [2.05, 4.69) is 32.2 Å². The van der Waals surface area contributed by atoms with Gasteiger partial charge >= 0.3 is 5.63 Å². The molecule has 0 unspecified atom stereocenters. The summed E-state index contributed by atoms with van der Waals surface area (Å²) in [7, 11) is 0. The van der Waals surface area contributed by atoms with Gasteiger partial charge in [0.2, 0.25) is 0 Å². The molecule has 5 nitrogen and oxygen atoms in total. The lowest BCUT2D eigenvalue weighted by atomic mass is 9.98. The highest BCUT2D eigenvalue weighted by Crippen LogP contribution is 2.33. The molecule has 186 valence electrons. The van der Waals surface area contributed by atoms with Gasteiger partial charge in [0.05, 0.1) is 0 Å². The summed E-state index contributed by atoms with van der Waals surface area (Å²) >= 11 is 0. The molecule has 1 aliphatic carbocycles. The molecule has 0 fully saturated rings. The van der Waals surface area contributed by atoms with Gasteiger partial charge in [-0.1, -0.05) is 58.2 Å². The molecule has 0 bridgehead atoms. The Morgan fingerprint density at radius 2 is 1.91 bits per heavy atom. The van der Waals surface area contributed by atoms with Crippen molar-refractivity contribution in [3.63, 3.8) is 0 Å². The van der Waals surface area contributed by atoms with Crippen molar-refractivity contribution in [1.29, 1.82) is 0 Å². The number of nitrogens with one attached hydrogen (secondary N) is 1. The Kier molecular flexibility index (Phi) is 7.94. The topological polar surface area (TPSA) is 68.5 Å². The number of carbonyl (C=O) groups excluding carboxylic acids is 1. The number of hydrogen-bond donors (Lipinski definition) is 1. The molecule has 4 rings (SSSR count). The van der Waals surface area contributed by atoms with Gasteiger partial charge in [-0.25, -0.2) is 4.79 Å². The summed E-state index contributed by atoms with van der Waals surface area (Å²) < 4.78 is 11.7. The Hall–Kier alpha value is -3.08. The van der Waals surface area contributed by atoms with Crippen molar-refractivity contribution >= 4 is 22.6 Å². The van der Waals surface area contributed by atoms with E-state index in [1.54, 1.807) is 0 Å². The first-order chi connectivity index (χ1) is 16.9. The summed E-state index contributed by atoms with van der Waals surface area (Å²) in [5.74, 6) is 0.721. The second kappa shape index (κ2) is 11.1. The average molecular weight is 476 g/mol. The van der Waals surface area contributed by atoms with Gasteiger partial charge in [-0.3, -0.25) is 4.79 Å². The van der Waals surface area contributed by atoms with E-state index in [0.717, 1.165) is 77.4 Å². The fourth-order valence-electron chi connectivity index (χ4n) is 5.09. The number of fused-ring (bicyclic) bond motifs is 3. The van der Waals surface area contributed by atoms with Crippen molar-refractivity contribution in [3.05, 3.63) is 68.6 Å². The predicted molar refractivity (Wildman–Crippen MR) is 142 cm³/mol. The Morgan fingerprint density at radius 3 is 2.69 bits per heavy atom. The Balaban J connectivity index is 1.58. The van der Waals surface area contributed by atoms with Crippen LogP contribution in [0.4, 0.5) is 5.69 Å². The smallest absolute Gasteiger partial charge is 0.339 e. The van der Waals surface area contributed by atoms with Crippen molar-refractivity contribution in [2.24, 2.45) is 0 Å². The number of rotatable bonds is 10. The Labute approximate surface area is 207 Å². The molecule has 0 saturated heterocycles. The lowest BCUT2D eigenvalue weighted by molar-refractivity contribution is -0.118. The van der Waals surface area contributed by atoms with Crippen LogP contribution in [0.3, 0.4) is 0 Å². The second-order valence-electron chi connectivity index (χ2n) is 10.00. The van der Waals surface area contributed by atoms with Crippen molar-refractivity contribution in [2.75, 3.05) is 11.9 Å². The van der Waals surface area contributed by atoms with E-state index in [-0.39, 0.29) is 18.1 Å². The summed E-state index contributed by atoms with van der Waals surface area (Å²) in [6.45, 7) is 8.33. The number of hydrogen-bond acceptors (Lipinski definition) is 4. The Morgan fingerprint density at radius 1 is 1.11 bits per heavy atom. The molecule has 0 atom stereocenters. The number of aryl methyl sites for hydroxylation is 3. The monoisotopic (exact) mass is 475 g/mol. The van der Waals surface area contributed by atoms with E-state index in [1.165, 1.54) is 12.8 Å². The van der Waals surface area contributed by atoms with Gasteiger partial charge in [0.25, 0.3) is 5.91 Å². The zero-order valence-corrected chi connectivity index (χ0v) is 21.5. The molecule has 1 aromatic heterocycles. The van der Waals surface area contributed by atoms with Gasteiger partial charge in [-0.05, 0) is 73.3 Å². The van der Waals surface area contributed by atoms with Crippen LogP contribution < -0.4 is 15.7 Å². The largest absolute Gasteiger partial charge is 0.483 e. The molecule has 0 aliphatic heterocycles. The van der Waals surface area contributed by atoms with Crippen LogP contribution >= 0.6 is 0 Å². The van der Waals surface area contributed by atoms with Crippen LogP contribution in [0.25, 0.3) is 11.0 Å². The molecule has 2 aromatic carbocycles. The van der Waals surface area contributed by atoms with Gasteiger partial charge in [-0.15, -0.1) is 0 Å². The third-order valence-corrected chi connectivity index (χ3v) is 7.00. The summed E-state index contributed by atoms with van der Waals surface area (Å²) in [6.07, 6.45) is 8.14. The highest BCUT2D eigenvalue weighted by Gasteiger charge is 2.21. The molecule has 1 amide bonds. The van der Waals surface area contributed by atoms with E-state index in [4.69, 9.17) is 9.15 Å². The van der Waals surface area contributed by atoms with Crippen molar-refractivity contribution in [2.45, 2.75) is 85.0 Å². The van der Waals surface area contributed by atoms with Gasteiger partial charge in [0.1, 0.15) is 11.3 Å². The summed E-state index contributed by atoms with van der Waals surface area (Å²) in [5.41, 5.74) is 6.31. The number of benzene rings is 2. The van der Waals surface area contributed by atoms with E-state index in [0.29, 0.717) is 17.3 Å². The zero-order chi connectivity index (χ0) is 24.9. The van der Waals surface area contributed by atoms with Gasteiger partial charge in [0.15, 0.2) is 6.61 Å². The molecule has 1 N–H and O–H groups in total. The highest BCUT2D eigenvalue weighted by molar-refractivity contribution is 5.93. The zero-order valence-electron chi connectivity index (χ0n) is 21.5. The van der Waals surface area contributed by atoms with E-state index in [9.17, 15) is 9.59 Å². The van der Waals surface area contributed by atoms with Crippen molar-refractivity contribution < 1.29 is 13.9 Å². The molecule has 1 heterocycles. The van der Waals surface area contributed by atoms with Crippen LogP contribution in [0.5, 0.6) is 5.75 Å². The second-order valence-corrected chi connectivity index (χ2v) is 10.00. The first-order valence-electron chi connectivity index (χ1n) is 13.0. The fraction of sp³-hybridized carbons (Fsp3) is 0.467. The number of amides is 1. The van der Waals surface area contributed by atoms with E-state index >= 15 is 0 Å². The maximum atomic E-state index is 12.9. The van der Waals surface area contributed by atoms with Crippen LogP contribution in [0.15, 0.2) is 39.5 Å². The van der Waals surface area contributed by atoms with Gasteiger partial charge in [-0.2, -0.15) is 0 Å². The van der Waals surface area contributed by atoms with Crippen LogP contribution in [0.2, 0.25) is 0 Å². The van der Waals surface area contributed by atoms with Crippen LogP contribution in [-0.2, 0) is 24.1 Å². The molecule has 0 saturated carbocycles. The van der Waals surface area contributed by atoms with E-state index in [1.807, 2.05) is 31.2 Å². The number of para-hydroxylation sites is 1. The summed E-state index contributed by atoms with van der Waals surface area (Å²) in [5, 5.41) is 4.07. The van der Waals surface area contributed by atoms with Crippen LogP contribution in [0, 0.1) is 6.92 Å². The minimum absolute atomic E-state index is 0.103. The maximum Gasteiger partial charge on any atom is 0.339 e. The van der Waals surface area contributed by atoms with Gasteiger partial charge < -0.3 is 14.5 Å². The number of ether oxygens (including phenoxy) is 1. The third-order valence-electron chi connectivity index (χ3n) is 7.00. The summed E-state index contributed by atoms with van der Waals surface area (Å²) in [4.78, 5) is 25.4. The molecule has 0 radical (unpaired) electrons. The fourth-order valence-corrected chi connectivity index (χ4v) is 5.09. The minimum Gasteiger partial charge on any atom is -0.483 e. The van der Waals surface area contributed by atoms with Crippen LogP contribution in [-0.4, -0.2) is 12.5 Å². The maximum absolute atomic E-state index is 12.9. The van der Waals surface area contributed by atoms with Crippen molar-refractivity contribution in [1.82, 2.24) is 0 Å². The highest BCUT2D eigenvalue weighted by atomic mass is 16.5. The Bertz CT molecular complexity index is 1270. The normalized spacial score (nSPS) is 12.8. The molecule has 1 aliphatic rings. The minimum atomic E-state index is -0.245. The average Bonchev–Trinajstić information content (AvgIpc) is 3.33. The summed E-state index contributed by atoms with van der Waals surface area (Å²) in [6, 6.07) is 10.00. The standard InChI is InChI=1S/C30H37NO4/c1-5-6-7-8-12-21-16-25-23-14-10-15-24(23)30(33)35-27(25)17-26(21)34-18-28(32)31-29-20(4)11-9-13-22(29)19(2)3/h9,11,13,16-17,19H,5-8,10,12,14-15,18H2,1-4H3,(H,31,32). The first-order valence-corrected chi connectivity index (χ1v) is 13.0. The first kappa shape index (κ1) is 25.0. The van der Waals surface area contributed by atoms with Crippen LogP contribution in [0.1, 0.15) is 86.6 Å². The number of anilines is 1. The van der Waals surface area contributed by atoms with Gasteiger partial charge in [0, 0.05) is 22.7 Å². The molecular weight excluding hydrogens is 438 g/mol. The third kappa shape index (κ3) is 5.61. The molecule has 0 spiro atoms. The molecular formula is C30H37NO4. The number of carbonyl (C=O) groups is 1. The number of unbranched alkanes of at least 4 members (excludes halogenated alkanes) is 3. The van der Waals surface area contributed by atoms with Crippen molar-refractivity contribution in [3.8, 4) is 5.75 Å². The quantitative estimate of drug-likeness (QED) is 0.257. The SMILES string of the molecule is CCCCCCc1cc2c3c(c(=O)oc2cc1OCC(=O)Nc1c(C)cccc1C(C)C)CCC3. The molecule has 35 heavy (non-hydrogen) atoms. The molecule has 3 aromatic rings. The molecule has 5 heteroatoms. The lowest BCUT2D eigenvalue weighted by Crippen LogP contribution is -2.22. The van der Waals surface area contributed by atoms with E-state index < -0.39 is 0 Å².